The summed E-state index contributed by atoms with van der Waals surface area (Å²) in [6.45, 7) is 0.242. The molecule has 1 aromatic carbocycles. The van der Waals surface area contributed by atoms with Gasteiger partial charge >= 0.3 is 0 Å². The van der Waals surface area contributed by atoms with Crippen molar-refractivity contribution in [3.05, 3.63) is 34.1 Å². The molecule has 2 rings (SSSR count). The van der Waals surface area contributed by atoms with E-state index in [0.717, 1.165) is 0 Å². The van der Waals surface area contributed by atoms with E-state index in [-0.39, 0.29) is 24.6 Å². The Morgan fingerprint density at radius 1 is 1.53 bits per heavy atom. The number of nitrogens with two attached hydrogens (primary N) is 1. The highest BCUT2D eigenvalue weighted by atomic mass is 35.5. The van der Waals surface area contributed by atoms with Crippen LogP contribution in [0.15, 0.2) is 18.2 Å². The molecule has 6 nitrogen and oxygen atoms in total. The third-order valence-electron chi connectivity index (χ3n) is 1.93. The summed E-state index contributed by atoms with van der Waals surface area (Å²) in [5.74, 6) is 0.550. The molecule has 0 unspecified atom stereocenters. The smallest absolute Gasteiger partial charge is 0.297 e. The number of rotatable bonds is 2. The number of halogens is 1. The molecule has 7 heteroatoms. The number of imidazole rings is 1. The molecule has 1 heterocycles. The third-order valence-corrected chi connectivity index (χ3v) is 1.93. The topological polar surface area (TPSA) is 97.8 Å². The summed E-state index contributed by atoms with van der Waals surface area (Å²) < 4.78 is 0. The van der Waals surface area contributed by atoms with Crippen molar-refractivity contribution in [2.45, 2.75) is 6.54 Å². The van der Waals surface area contributed by atoms with E-state index in [1.807, 2.05) is 0 Å². The summed E-state index contributed by atoms with van der Waals surface area (Å²) in [5.41, 5.74) is 6.37. The van der Waals surface area contributed by atoms with Gasteiger partial charge in [-0.2, -0.15) is 0 Å². The number of hydrogen-bond acceptors (Lipinski definition) is 4. The Bertz CT molecular complexity index is 496. The second-order valence-corrected chi connectivity index (χ2v) is 2.82. The number of benzene rings is 1. The standard InChI is InChI=1S/C8H8N4O2.ClH/c9-4-7-10-5-2-1-3-6(12(13)14)8(5)11-7;/h1-3H,4,9H2,(H,10,11);1H. The Kier molecular flexibility index (Phi) is 3.23. The lowest BCUT2D eigenvalue weighted by Crippen LogP contribution is -1.97. The lowest BCUT2D eigenvalue weighted by Gasteiger charge is -1.90. The molecule has 0 amide bonds. The Morgan fingerprint density at radius 2 is 2.27 bits per heavy atom. The van der Waals surface area contributed by atoms with Gasteiger partial charge in [0.2, 0.25) is 0 Å². The Hall–Kier alpha value is -1.66. The molecule has 80 valence electrons. The number of H-pyrrole nitrogens is 1. The van der Waals surface area contributed by atoms with E-state index in [9.17, 15) is 10.1 Å². The van der Waals surface area contributed by atoms with E-state index in [2.05, 4.69) is 9.97 Å². The fraction of sp³-hybridized carbons (Fsp3) is 0.125. The van der Waals surface area contributed by atoms with Crippen LogP contribution >= 0.6 is 12.4 Å². The van der Waals surface area contributed by atoms with Crippen molar-refractivity contribution in [1.29, 1.82) is 0 Å². The molecule has 0 radical (unpaired) electrons. The minimum atomic E-state index is -0.455. The average molecular weight is 229 g/mol. The predicted molar refractivity (Wildman–Crippen MR) is 57.9 cm³/mol. The second kappa shape index (κ2) is 4.24. The highest BCUT2D eigenvalue weighted by Gasteiger charge is 2.14. The zero-order chi connectivity index (χ0) is 10.1. The van der Waals surface area contributed by atoms with Crippen molar-refractivity contribution < 1.29 is 4.92 Å². The normalized spacial score (nSPS) is 9.93. The quantitative estimate of drug-likeness (QED) is 0.599. The summed E-state index contributed by atoms with van der Waals surface area (Å²) in [6.07, 6.45) is 0. The lowest BCUT2D eigenvalue weighted by atomic mass is 10.3. The van der Waals surface area contributed by atoms with Crippen LogP contribution in [0.3, 0.4) is 0 Å². The van der Waals surface area contributed by atoms with Gasteiger partial charge in [0.1, 0.15) is 5.82 Å². The molecule has 0 aliphatic rings. The molecule has 2 aromatic rings. The first kappa shape index (κ1) is 11.4. The summed E-state index contributed by atoms with van der Waals surface area (Å²) in [7, 11) is 0. The van der Waals surface area contributed by atoms with Crippen LogP contribution in [-0.4, -0.2) is 14.9 Å². The summed E-state index contributed by atoms with van der Waals surface area (Å²) in [6, 6.07) is 4.76. The van der Waals surface area contributed by atoms with Gasteiger partial charge in [-0.15, -0.1) is 12.4 Å². The molecular weight excluding hydrogens is 220 g/mol. The molecule has 0 spiro atoms. The zero-order valence-electron chi connectivity index (χ0n) is 7.64. The van der Waals surface area contributed by atoms with E-state index < -0.39 is 4.92 Å². The van der Waals surface area contributed by atoms with Crippen molar-refractivity contribution in [2.24, 2.45) is 5.73 Å². The van der Waals surface area contributed by atoms with Gasteiger partial charge in [0.25, 0.3) is 5.69 Å². The highest BCUT2D eigenvalue weighted by Crippen LogP contribution is 2.22. The van der Waals surface area contributed by atoms with Crippen LogP contribution in [-0.2, 0) is 6.54 Å². The summed E-state index contributed by atoms with van der Waals surface area (Å²) >= 11 is 0. The van der Waals surface area contributed by atoms with Gasteiger partial charge < -0.3 is 10.7 Å². The van der Waals surface area contributed by atoms with Crippen molar-refractivity contribution in [3.8, 4) is 0 Å². The fourth-order valence-electron chi connectivity index (χ4n) is 1.31. The molecule has 0 aliphatic heterocycles. The molecule has 0 atom stereocenters. The van der Waals surface area contributed by atoms with Gasteiger partial charge in [-0.1, -0.05) is 6.07 Å². The molecule has 3 N–H and O–H groups in total. The van der Waals surface area contributed by atoms with E-state index in [0.29, 0.717) is 16.9 Å². The third kappa shape index (κ3) is 1.90. The van der Waals surface area contributed by atoms with Gasteiger partial charge in [0.15, 0.2) is 5.52 Å². The molecule has 1 aromatic heterocycles. The van der Waals surface area contributed by atoms with Crippen LogP contribution in [0.5, 0.6) is 0 Å². The van der Waals surface area contributed by atoms with Crippen molar-refractivity contribution in [3.63, 3.8) is 0 Å². The second-order valence-electron chi connectivity index (χ2n) is 2.82. The maximum absolute atomic E-state index is 10.6. The van der Waals surface area contributed by atoms with Crippen LogP contribution in [0.1, 0.15) is 5.82 Å². The molecular formula is C8H9ClN4O2. The van der Waals surface area contributed by atoms with Crippen LogP contribution in [0, 0.1) is 10.1 Å². The average Bonchev–Trinajstić information content (AvgIpc) is 2.59. The monoisotopic (exact) mass is 228 g/mol. The number of nitrogens with zero attached hydrogens (tertiary/aromatic N) is 2. The van der Waals surface area contributed by atoms with Crippen LogP contribution in [0.25, 0.3) is 11.0 Å². The first-order valence-electron chi connectivity index (χ1n) is 4.04. The number of nitrogens with one attached hydrogen (secondary N) is 1. The fourth-order valence-corrected chi connectivity index (χ4v) is 1.31. The minimum absolute atomic E-state index is 0. The zero-order valence-corrected chi connectivity index (χ0v) is 8.45. The van der Waals surface area contributed by atoms with Gasteiger partial charge in [-0.3, -0.25) is 10.1 Å². The number of non-ortho nitro benzene ring substituents is 1. The van der Waals surface area contributed by atoms with Crippen LogP contribution < -0.4 is 5.73 Å². The summed E-state index contributed by atoms with van der Waals surface area (Å²) in [5, 5.41) is 10.6. The van der Waals surface area contributed by atoms with Gasteiger partial charge in [0.05, 0.1) is 17.0 Å². The number of aromatic amines is 1. The van der Waals surface area contributed by atoms with Gasteiger partial charge in [-0.25, -0.2) is 4.98 Å². The maximum atomic E-state index is 10.6. The SMILES string of the molecule is Cl.NCc1nc2c([N+](=O)[O-])cccc2[nH]1. The minimum Gasteiger partial charge on any atom is -0.341 e. The van der Waals surface area contributed by atoms with E-state index in [1.165, 1.54) is 6.07 Å². The number of para-hydroxylation sites is 1. The largest absolute Gasteiger partial charge is 0.341 e. The predicted octanol–water partition coefficient (Wildman–Crippen LogP) is 1.35. The number of nitro benzene ring substituents is 1. The van der Waals surface area contributed by atoms with Gasteiger partial charge in [-0.05, 0) is 6.07 Å². The van der Waals surface area contributed by atoms with E-state index in [4.69, 9.17) is 5.73 Å². The molecule has 0 bridgehead atoms. The number of aromatic nitrogens is 2. The first-order chi connectivity index (χ1) is 6.72. The van der Waals surface area contributed by atoms with E-state index >= 15 is 0 Å². The number of nitro groups is 1. The number of fused-ring (bicyclic) bond motifs is 1. The van der Waals surface area contributed by atoms with Crippen molar-refractivity contribution in [1.82, 2.24) is 9.97 Å². The number of hydrogen-bond donors (Lipinski definition) is 2. The molecule has 0 fully saturated rings. The highest BCUT2D eigenvalue weighted by molar-refractivity contribution is 5.85. The Morgan fingerprint density at radius 3 is 2.87 bits per heavy atom. The lowest BCUT2D eigenvalue weighted by molar-refractivity contribution is -0.383. The van der Waals surface area contributed by atoms with Crippen LogP contribution in [0.2, 0.25) is 0 Å². The van der Waals surface area contributed by atoms with Gasteiger partial charge in [0, 0.05) is 6.07 Å². The first-order valence-corrected chi connectivity index (χ1v) is 4.04. The van der Waals surface area contributed by atoms with Crippen molar-refractivity contribution in [2.75, 3.05) is 0 Å². The molecule has 0 saturated heterocycles. The van der Waals surface area contributed by atoms with E-state index in [1.54, 1.807) is 12.1 Å². The van der Waals surface area contributed by atoms with Crippen molar-refractivity contribution >= 4 is 29.1 Å². The summed E-state index contributed by atoms with van der Waals surface area (Å²) in [4.78, 5) is 17.1. The Balaban J connectivity index is 0.00000112. The molecule has 0 saturated carbocycles. The van der Waals surface area contributed by atoms with Crippen LogP contribution in [0.4, 0.5) is 5.69 Å². The maximum Gasteiger partial charge on any atom is 0.297 e. The Labute approximate surface area is 91.1 Å². The molecule has 15 heavy (non-hydrogen) atoms. The molecule has 0 aliphatic carbocycles.